The third-order valence-corrected chi connectivity index (χ3v) is 3.70. The Bertz CT molecular complexity index is 544. The summed E-state index contributed by atoms with van der Waals surface area (Å²) in [6.07, 6.45) is 2.61. The molecule has 0 radical (unpaired) electrons. The molecule has 1 aromatic carbocycles. The van der Waals surface area contributed by atoms with E-state index in [9.17, 15) is 14.7 Å². The molecule has 7 heteroatoms. The molecule has 0 aromatic heterocycles. The molecule has 0 aliphatic carbocycles. The quantitative estimate of drug-likeness (QED) is 0.507. The molecule has 2 amide bonds. The van der Waals surface area contributed by atoms with Crippen LogP contribution < -0.4 is 4.74 Å². The van der Waals surface area contributed by atoms with E-state index in [1.807, 2.05) is 24.3 Å². The first-order chi connectivity index (χ1) is 10.9. The molecule has 0 bridgehead atoms. The fourth-order valence-corrected chi connectivity index (χ4v) is 2.03. The number of nitrogens with zero attached hydrogens (tertiary/aromatic N) is 2. The molecular formula is C16H21IN2O4. The minimum absolute atomic E-state index is 0.117. The number of amides is 2. The van der Waals surface area contributed by atoms with E-state index in [2.05, 4.69) is 22.6 Å². The van der Waals surface area contributed by atoms with Gasteiger partial charge in [-0.2, -0.15) is 0 Å². The van der Waals surface area contributed by atoms with Crippen LogP contribution >= 0.6 is 22.6 Å². The van der Waals surface area contributed by atoms with Crippen molar-refractivity contribution in [1.29, 1.82) is 0 Å². The topological polar surface area (TPSA) is 70.1 Å². The zero-order valence-corrected chi connectivity index (χ0v) is 15.4. The smallest absolute Gasteiger partial charge is 0.407 e. The summed E-state index contributed by atoms with van der Waals surface area (Å²) >= 11 is 2.21. The Morgan fingerprint density at radius 1 is 1.22 bits per heavy atom. The van der Waals surface area contributed by atoms with Gasteiger partial charge in [-0.15, -0.1) is 0 Å². The van der Waals surface area contributed by atoms with Crippen molar-refractivity contribution in [3.05, 3.63) is 40.0 Å². The van der Waals surface area contributed by atoms with E-state index in [0.29, 0.717) is 18.7 Å². The summed E-state index contributed by atoms with van der Waals surface area (Å²) in [5, 5.41) is 9.17. The standard InChI is InChI=1S/C16H21IN2O4/c1-18(2)15(20)5-3-4-10-19(16(21)22)11-12-23-14-8-6-13(17)7-9-14/h3,5-9H,4,10-12H2,1-2H3,(H,21,22)/b5-3+. The number of halogens is 1. The minimum atomic E-state index is -0.997. The predicted molar refractivity (Wildman–Crippen MR) is 96.7 cm³/mol. The molecule has 6 nitrogen and oxygen atoms in total. The largest absolute Gasteiger partial charge is 0.492 e. The molecule has 23 heavy (non-hydrogen) atoms. The molecular weight excluding hydrogens is 411 g/mol. The van der Waals surface area contributed by atoms with E-state index in [1.165, 1.54) is 15.9 Å². The second-order valence-electron chi connectivity index (χ2n) is 5.00. The summed E-state index contributed by atoms with van der Waals surface area (Å²) in [6, 6.07) is 7.56. The van der Waals surface area contributed by atoms with E-state index in [4.69, 9.17) is 4.74 Å². The van der Waals surface area contributed by atoms with E-state index in [1.54, 1.807) is 20.2 Å². The van der Waals surface area contributed by atoms with E-state index >= 15 is 0 Å². The van der Waals surface area contributed by atoms with Crippen LogP contribution in [0, 0.1) is 3.57 Å². The Hall–Kier alpha value is -1.77. The lowest BCUT2D eigenvalue weighted by atomic mass is 10.3. The van der Waals surface area contributed by atoms with Gasteiger partial charge < -0.3 is 19.6 Å². The Kier molecular flexibility index (Phi) is 8.46. The van der Waals surface area contributed by atoms with Gasteiger partial charge in [0, 0.05) is 24.2 Å². The molecule has 126 valence electrons. The number of rotatable bonds is 8. The van der Waals surface area contributed by atoms with Gasteiger partial charge in [-0.1, -0.05) is 6.08 Å². The molecule has 1 aromatic rings. The molecule has 0 atom stereocenters. The van der Waals surface area contributed by atoms with Crippen LogP contribution in [0.15, 0.2) is 36.4 Å². The Balaban J connectivity index is 2.36. The molecule has 0 aliphatic heterocycles. The monoisotopic (exact) mass is 432 g/mol. The average Bonchev–Trinajstić information content (AvgIpc) is 2.50. The Morgan fingerprint density at radius 3 is 2.43 bits per heavy atom. The summed E-state index contributed by atoms with van der Waals surface area (Å²) in [6.45, 7) is 0.882. The third kappa shape index (κ3) is 7.87. The lowest BCUT2D eigenvalue weighted by molar-refractivity contribution is -0.123. The number of ether oxygens (including phenoxy) is 1. The van der Waals surface area contributed by atoms with Crippen LogP contribution in [0.25, 0.3) is 0 Å². The molecule has 1 N–H and O–H groups in total. The van der Waals surface area contributed by atoms with Gasteiger partial charge in [-0.05, 0) is 59.4 Å². The van der Waals surface area contributed by atoms with Gasteiger partial charge in [0.25, 0.3) is 0 Å². The van der Waals surface area contributed by atoms with Crippen molar-refractivity contribution in [2.75, 3.05) is 33.8 Å². The fourth-order valence-electron chi connectivity index (χ4n) is 1.67. The summed E-state index contributed by atoms with van der Waals surface area (Å²) in [5.41, 5.74) is 0. The number of carbonyl (C=O) groups is 2. The summed E-state index contributed by atoms with van der Waals surface area (Å²) < 4.78 is 6.64. The fraction of sp³-hybridized carbons (Fsp3) is 0.375. The van der Waals surface area contributed by atoms with Crippen LogP contribution in [0.2, 0.25) is 0 Å². The van der Waals surface area contributed by atoms with Crippen molar-refractivity contribution in [3.63, 3.8) is 0 Å². The first-order valence-electron chi connectivity index (χ1n) is 7.14. The molecule has 0 aliphatic rings. The normalized spacial score (nSPS) is 10.6. The number of benzene rings is 1. The highest BCUT2D eigenvalue weighted by atomic mass is 127. The van der Waals surface area contributed by atoms with Gasteiger partial charge in [0.15, 0.2) is 0 Å². The van der Waals surface area contributed by atoms with Crippen LogP contribution in [-0.4, -0.2) is 60.7 Å². The Morgan fingerprint density at radius 2 is 1.87 bits per heavy atom. The second kappa shape index (κ2) is 10.1. The SMILES string of the molecule is CN(C)C(=O)/C=C/CCN(CCOc1ccc(I)cc1)C(=O)O. The summed E-state index contributed by atoms with van der Waals surface area (Å²) in [5.74, 6) is 0.598. The van der Waals surface area contributed by atoms with Crippen LogP contribution in [0.5, 0.6) is 5.75 Å². The average molecular weight is 432 g/mol. The van der Waals surface area contributed by atoms with Crippen LogP contribution in [0.3, 0.4) is 0 Å². The molecule has 0 saturated carbocycles. The highest BCUT2D eigenvalue weighted by molar-refractivity contribution is 14.1. The van der Waals surface area contributed by atoms with E-state index in [-0.39, 0.29) is 19.1 Å². The zero-order valence-electron chi connectivity index (χ0n) is 13.2. The molecule has 0 unspecified atom stereocenters. The van der Waals surface area contributed by atoms with E-state index < -0.39 is 6.09 Å². The maximum atomic E-state index is 11.4. The van der Waals surface area contributed by atoms with Crippen molar-refractivity contribution in [2.24, 2.45) is 0 Å². The van der Waals surface area contributed by atoms with Crippen LogP contribution in [-0.2, 0) is 4.79 Å². The molecule has 0 fully saturated rings. The number of hydrogen-bond donors (Lipinski definition) is 1. The first-order valence-corrected chi connectivity index (χ1v) is 8.22. The van der Waals surface area contributed by atoms with Crippen molar-refractivity contribution in [2.45, 2.75) is 6.42 Å². The van der Waals surface area contributed by atoms with Crippen molar-refractivity contribution < 1.29 is 19.4 Å². The van der Waals surface area contributed by atoms with Gasteiger partial charge in [0.05, 0.1) is 6.54 Å². The van der Waals surface area contributed by atoms with Gasteiger partial charge in [0.2, 0.25) is 5.91 Å². The first kappa shape index (κ1) is 19.3. The highest BCUT2D eigenvalue weighted by Crippen LogP contribution is 2.13. The molecule has 0 spiro atoms. The summed E-state index contributed by atoms with van der Waals surface area (Å²) in [7, 11) is 3.33. The highest BCUT2D eigenvalue weighted by Gasteiger charge is 2.10. The van der Waals surface area contributed by atoms with Crippen LogP contribution in [0.4, 0.5) is 4.79 Å². The second-order valence-corrected chi connectivity index (χ2v) is 6.24. The van der Waals surface area contributed by atoms with E-state index in [0.717, 1.165) is 3.57 Å². The molecule has 0 heterocycles. The molecule has 1 rings (SSSR count). The van der Waals surface area contributed by atoms with Crippen LogP contribution in [0.1, 0.15) is 6.42 Å². The summed E-state index contributed by atoms with van der Waals surface area (Å²) in [4.78, 5) is 25.3. The lowest BCUT2D eigenvalue weighted by Crippen LogP contribution is -2.34. The Labute approximate surface area is 149 Å². The number of carboxylic acid groups (broad SMARTS) is 1. The lowest BCUT2D eigenvalue weighted by Gasteiger charge is -2.18. The van der Waals surface area contributed by atoms with Gasteiger partial charge >= 0.3 is 6.09 Å². The zero-order chi connectivity index (χ0) is 17.2. The van der Waals surface area contributed by atoms with Crippen molar-refractivity contribution in [3.8, 4) is 5.75 Å². The predicted octanol–water partition coefficient (Wildman–Crippen LogP) is 2.68. The third-order valence-electron chi connectivity index (χ3n) is 2.98. The van der Waals surface area contributed by atoms with Gasteiger partial charge in [0.1, 0.15) is 12.4 Å². The minimum Gasteiger partial charge on any atom is -0.492 e. The van der Waals surface area contributed by atoms with Crippen molar-refractivity contribution in [1.82, 2.24) is 9.80 Å². The number of carbonyl (C=O) groups excluding carboxylic acids is 1. The van der Waals surface area contributed by atoms with Gasteiger partial charge in [-0.3, -0.25) is 4.79 Å². The maximum absolute atomic E-state index is 11.4. The number of likely N-dealkylation sites (N-methyl/N-ethyl adjacent to an activating group) is 1. The molecule has 0 saturated heterocycles. The maximum Gasteiger partial charge on any atom is 0.407 e. The van der Waals surface area contributed by atoms with Crippen molar-refractivity contribution >= 4 is 34.6 Å². The van der Waals surface area contributed by atoms with Gasteiger partial charge in [-0.25, -0.2) is 4.79 Å². The number of hydrogen-bond acceptors (Lipinski definition) is 3.